The van der Waals surface area contributed by atoms with Gasteiger partial charge in [0.25, 0.3) is 0 Å². The summed E-state index contributed by atoms with van der Waals surface area (Å²) in [5.74, 6) is 1.49. The fourth-order valence-corrected chi connectivity index (χ4v) is 2.00. The topological polar surface area (TPSA) is 47.3 Å². The molecule has 2 heterocycles. The molecule has 3 rings (SSSR count). The summed E-state index contributed by atoms with van der Waals surface area (Å²) in [6.07, 6.45) is 2.91. The molecule has 1 aliphatic heterocycles. The average molecular weight is 218 g/mol. The SMILES string of the molecule is c1cc2cnoc2cc1OCC1CCNC1. The molecule has 4 heteroatoms. The van der Waals surface area contributed by atoms with Crippen molar-refractivity contribution >= 4 is 11.0 Å². The van der Waals surface area contributed by atoms with E-state index in [4.69, 9.17) is 9.26 Å². The van der Waals surface area contributed by atoms with Crippen LogP contribution >= 0.6 is 0 Å². The van der Waals surface area contributed by atoms with E-state index >= 15 is 0 Å². The van der Waals surface area contributed by atoms with Gasteiger partial charge in [0, 0.05) is 23.9 Å². The van der Waals surface area contributed by atoms with E-state index in [2.05, 4.69) is 10.5 Å². The monoisotopic (exact) mass is 218 g/mol. The van der Waals surface area contributed by atoms with Crippen LogP contribution in [0.5, 0.6) is 5.75 Å². The summed E-state index contributed by atoms with van der Waals surface area (Å²) in [6.45, 7) is 2.94. The molecule has 1 aromatic carbocycles. The van der Waals surface area contributed by atoms with Crippen molar-refractivity contribution in [2.24, 2.45) is 5.92 Å². The van der Waals surface area contributed by atoms with Crippen LogP contribution in [0, 0.1) is 5.92 Å². The van der Waals surface area contributed by atoms with Crippen molar-refractivity contribution in [2.75, 3.05) is 19.7 Å². The van der Waals surface area contributed by atoms with E-state index in [0.717, 1.165) is 36.4 Å². The molecule has 0 spiro atoms. The van der Waals surface area contributed by atoms with Gasteiger partial charge in [-0.3, -0.25) is 0 Å². The van der Waals surface area contributed by atoms with Gasteiger partial charge in [-0.2, -0.15) is 0 Å². The van der Waals surface area contributed by atoms with E-state index in [-0.39, 0.29) is 0 Å². The second-order valence-electron chi connectivity index (χ2n) is 4.20. The van der Waals surface area contributed by atoms with Crippen LogP contribution in [0.1, 0.15) is 6.42 Å². The summed E-state index contributed by atoms with van der Waals surface area (Å²) in [7, 11) is 0. The van der Waals surface area contributed by atoms with Gasteiger partial charge in [-0.25, -0.2) is 0 Å². The maximum atomic E-state index is 5.74. The molecule has 1 atom stereocenters. The summed E-state index contributed by atoms with van der Waals surface area (Å²) < 4.78 is 10.8. The largest absolute Gasteiger partial charge is 0.493 e. The zero-order valence-electron chi connectivity index (χ0n) is 8.98. The van der Waals surface area contributed by atoms with Gasteiger partial charge in [-0.15, -0.1) is 0 Å². The predicted octanol–water partition coefficient (Wildman–Crippen LogP) is 1.82. The van der Waals surface area contributed by atoms with Gasteiger partial charge in [0.2, 0.25) is 0 Å². The van der Waals surface area contributed by atoms with Gasteiger partial charge in [0.05, 0.1) is 12.8 Å². The number of nitrogens with one attached hydrogen (secondary N) is 1. The van der Waals surface area contributed by atoms with Crippen molar-refractivity contribution in [3.05, 3.63) is 24.4 Å². The molecule has 1 saturated heterocycles. The highest BCUT2D eigenvalue weighted by Gasteiger charge is 2.14. The van der Waals surface area contributed by atoms with Gasteiger partial charge in [-0.1, -0.05) is 5.16 Å². The molecule has 2 aromatic rings. The van der Waals surface area contributed by atoms with Gasteiger partial charge in [0.15, 0.2) is 5.58 Å². The number of hydrogen-bond acceptors (Lipinski definition) is 4. The van der Waals surface area contributed by atoms with Crippen LogP contribution in [0.2, 0.25) is 0 Å². The van der Waals surface area contributed by atoms with Crippen molar-refractivity contribution < 1.29 is 9.26 Å². The van der Waals surface area contributed by atoms with Crippen LogP contribution in [0.25, 0.3) is 11.0 Å². The van der Waals surface area contributed by atoms with Crippen LogP contribution in [-0.4, -0.2) is 24.9 Å². The third-order valence-electron chi connectivity index (χ3n) is 2.98. The second-order valence-corrected chi connectivity index (χ2v) is 4.20. The summed E-state index contributed by atoms with van der Waals surface area (Å²) in [5.41, 5.74) is 0.780. The van der Waals surface area contributed by atoms with E-state index < -0.39 is 0 Å². The average Bonchev–Trinajstić information content (AvgIpc) is 2.97. The highest BCUT2D eigenvalue weighted by atomic mass is 16.5. The third kappa shape index (κ3) is 1.88. The van der Waals surface area contributed by atoms with E-state index in [9.17, 15) is 0 Å². The fraction of sp³-hybridized carbons (Fsp3) is 0.417. The summed E-state index contributed by atoms with van der Waals surface area (Å²) in [4.78, 5) is 0. The normalized spacial score (nSPS) is 20.4. The number of hydrogen-bond donors (Lipinski definition) is 1. The van der Waals surface area contributed by atoms with Crippen molar-refractivity contribution in [3.63, 3.8) is 0 Å². The van der Waals surface area contributed by atoms with Crippen LogP contribution < -0.4 is 10.1 Å². The number of rotatable bonds is 3. The zero-order chi connectivity index (χ0) is 10.8. The standard InChI is InChI=1S/C12H14N2O2/c1-2-11(5-12-10(1)7-14-16-12)15-8-9-3-4-13-6-9/h1-2,5,7,9,13H,3-4,6,8H2. The van der Waals surface area contributed by atoms with E-state index in [1.54, 1.807) is 6.20 Å². The zero-order valence-corrected chi connectivity index (χ0v) is 8.98. The predicted molar refractivity (Wildman–Crippen MR) is 60.5 cm³/mol. The molecule has 4 nitrogen and oxygen atoms in total. The third-order valence-corrected chi connectivity index (χ3v) is 2.98. The molecule has 1 N–H and O–H groups in total. The Bertz CT molecular complexity index is 475. The number of nitrogens with zero attached hydrogens (tertiary/aromatic N) is 1. The number of aromatic nitrogens is 1. The van der Waals surface area contributed by atoms with Crippen molar-refractivity contribution in [3.8, 4) is 5.75 Å². The number of fused-ring (bicyclic) bond motifs is 1. The first-order chi connectivity index (χ1) is 7.92. The van der Waals surface area contributed by atoms with Crippen LogP contribution in [0.4, 0.5) is 0 Å². The van der Waals surface area contributed by atoms with Crippen LogP contribution in [0.15, 0.2) is 28.9 Å². The molecule has 0 aliphatic carbocycles. The van der Waals surface area contributed by atoms with E-state index in [0.29, 0.717) is 5.92 Å². The molecule has 1 aliphatic rings. The van der Waals surface area contributed by atoms with Crippen LogP contribution in [0.3, 0.4) is 0 Å². The van der Waals surface area contributed by atoms with Crippen molar-refractivity contribution in [2.45, 2.75) is 6.42 Å². The molecule has 0 radical (unpaired) electrons. The van der Waals surface area contributed by atoms with Crippen LogP contribution in [-0.2, 0) is 0 Å². The Morgan fingerprint density at radius 1 is 1.50 bits per heavy atom. The number of benzene rings is 1. The summed E-state index contributed by atoms with van der Waals surface area (Å²) in [5, 5.41) is 8.07. The highest BCUT2D eigenvalue weighted by molar-refractivity contribution is 5.77. The van der Waals surface area contributed by atoms with Crippen molar-refractivity contribution in [1.82, 2.24) is 10.5 Å². The smallest absolute Gasteiger partial charge is 0.170 e. The first kappa shape index (κ1) is 9.66. The van der Waals surface area contributed by atoms with Gasteiger partial charge in [-0.05, 0) is 25.1 Å². The van der Waals surface area contributed by atoms with Crippen molar-refractivity contribution in [1.29, 1.82) is 0 Å². The molecule has 16 heavy (non-hydrogen) atoms. The molecular formula is C12H14N2O2. The van der Waals surface area contributed by atoms with Gasteiger partial charge in [0.1, 0.15) is 5.75 Å². The Kier molecular flexibility index (Phi) is 2.50. The summed E-state index contributed by atoms with van der Waals surface area (Å²) >= 11 is 0. The lowest BCUT2D eigenvalue weighted by Crippen LogP contribution is -2.15. The Morgan fingerprint density at radius 2 is 2.50 bits per heavy atom. The fourth-order valence-electron chi connectivity index (χ4n) is 2.00. The molecule has 1 unspecified atom stereocenters. The lowest BCUT2D eigenvalue weighted by Gasteiger charge is -2.10. The van der Waals surface area contributed by atoms with E-state index in [1.807, 2.05) is 18.2 Å². The van der Waals surface area contributed by atoms with Gasteiger partial charge >= 0.3 is 0 Å². The Hall–Kier alpha value is -1.55. The molecule has 1 fully saturated rings. The Labute approximate surface area is 93.6 Å². The molecule has 84 valence electrons. The lowest BCUT2D eigenvalue weighted by atomic mass is 10.1. The Morgan fingerprint density at radius 3 is 3.38 bits per heavy atom. The Balaban J connectivity index is 1.68. The quantitative estimate of drug-likeness (QED) is 0.853. The minimum absolute atomic E-state index is 0.630. The first-order valence-corrected chi connectivity index (χ1v) is 5.60. The van der Waals surface area contributed by atoms with E-state index in [1.165, 1.54) is 6.42 Å². The maximum absolute atomic E-state index is 5.74. The highest BCUT2D eigenvalue weighted by Crippen LogP contribution is 2.21. The molecule has 0 bridgehead atoms. The summed E-state index contributed by atoms with van der Waals surface area (Å²) in [6, 6.07) is 5.82. The molecule has 0 amide bonds. The minimum atomic E-state index is 0.630. The maximum Gasteiger partial charge on any atom is 0.170 e. The molecular weight excluding hydrogens is 204 g/mol. The first-order valence-electron chi connectivity index (χ1n) is 5.60. The molecule has 0 saturated carbocycles. The number of ether oxygens (including phenoxy) is 1. The second kappa shape index (κ2) is 4.14. The molecule has 1 aromatic heterocycles. The van der Waals surface area contributed by atoms with Gasteiger partial charge < -0.3 is 14.6 Å². The minimum Gasteiger partial charge on any atom is -0.493 e. The lowest BCUT2D eigenvalue weighted by molar-refractivity contribution is 0.260.